The highest BCUT2D eigenvalue weighted by Crippen LogP contribution is 2.41. The van der Waals surface area contributed by atoms with Crippen LogP contribution in [0.25, 0.3) is 22.1 Å². The van der Waals surface area contributed by atoms with Gasteiger partial charge in [0.1, 0.15) is 0 Å². The Morgan fingerprint density at radius 1 is 1.26 bits per heavy atom. The quantitative estimate of drug-likeness (QED) is 0.417. The molecule has 0 unspecified atom stereocenters. The molecule has 4 rings (SSSR count). The molecule has 0 aliphatic heterocycles. The van der Waals surface area contributed by atoms with Crippen molar-refractivity contribution in [3.8, 4) is 11.1 Å². The van der Waals surface area contributed by atoms with Crippen LogP contribution in [0.4, 0.5) is 5.82 Å². The Balaban J connectivity index is 1.50. The smallest absolute Gasteiger partial charge is 0.194 e. The Morgan fingerprint density at radius 3 is 2.68 bits per heavy atom. The highest BCUT2D eigenvalue weighted by atomic mass is 35.5. The maximum Gasteiger partial charge on any atom is 0.194 e. The summed E-state index contributed by atoms with van der Waals surface area (Å²) in [5.41, 5.74) is 1.99. The van der Waals surface area contributed by atoms with E-state index in [9.17, 15) is 0 Å². The van der Waals surface area contributed by atoms with Gasteiger partial charge in [-0.1, -0.05) is 20.8 Å². The Labute approximate surface area is 194 Å². The molecule has 0 amide bonds. The van der Waals surface area contributed by atoms with Crippen LogP contribution < -0.4 is 5.32 Å². The van der Waals surface area contributed by atoms with Gasteiger partial charge in [0.05, 0.1) is 12.2 Å². The summed E-state index contributed by atoms with van der Waals surface area (Å²) in [5, 5.41) is 8.12. The van der Waals surface area contributed by atoms with E-state index >= 15 is 0 Å². The SMILES string of the molecule is [2H]C([2H])([2H])Nc1ncc(-c2cnn(C3CCC(O[Si](C)(C)C(C)(C)C)CC3)c2)c2cc(Cl)oc12. The number of pyridine rings is 1. The number of nitrogens with one attached hydrogen (secondary N) is 1. The number of furan rings is 1. The summed E-state index contributed by atoms with van der Waals surface area (Å²) in [6.45, 7) is 9.07. The van der Waals surface area contributed by atoms with Crippen LogP contribution in [-0.4, -0.2) is 36.2 Å². The molecule has 3 aromatic heterocycles. The van der Waals surface area contributed by atoms with Crippen molar-refractivity contribution in [1.82, 2.24) is 14.8 Å². The van der Waals surface area contributed by atoms with Crippen molar-refractivity contribution in [2.75, 3.05) is 12.3 Å². The first-order valence-corrected chi connectivity index (χ1v) is 14.1. The molecule has 8 heteroatoms. The predicted octanol–water partition coefficient (Wildman–Crippen LogP) is 6.89. The van der Waals surface area contributed by atoms with E-state index in [1.165, 1.54) is 0 Å². The minimum Gasteiger partial charge on any atom is -0.441 e. The van der Waals surface area contributed by atoms with Crippen LogP contribution in [0.5, 0.6) is 0 Å². The first-order chi connectivity index (χ1) is 15.7. The highest BCUT2D eigenvalue weighted by molar-refractivity contribution is 6.74. The lowest BCUT2D eigenvalue weighted by Crippen LogP contribution is -2.44. The average molecular weight is 464 g/mol. The zero-order valence-electron chi connectivity index (χ0n) is 21.8. The first kappa shape index (κ1) is 18.7. The van der Waals surface area contributed by atoms with E-state index in [0.29, 0.717) is 23.1 Å². The standard InChI is InChI=1S/C23H33ClN4O2Si/c1-23(2,3)31(5,6)30-17-9-7-16(8-10-17)28-14-15(12-27-28)19-13-26-22(25-4)21-18(19)11-20(24)29-21/h11-14,16-17H,7-10H2,1-6H3,(H,25,26)/i4D3. The van der Waals surface area contributed by atoms with Crippen molar-refractivity contribution in [1.29, 1.82) is 0 Å². The van der Waals surface area contributed by atoms with Gasteiger partial charge < -0.3 is 14.2 Å². The van der Waals surface area contributed by atoms with Gasteiger partial charge in [-0.3, -0.25) is 4.68 Å². The lowest BCUT2D eigenvalue weighted by atomic mass is 9.93. The van der Waals surface area contributed by atoms with E-state index in [-0.39, 0.29) is 16.1 Å². The zero-order valence-corrected chi connectivity index (χ0v) is 20.6. The third kappa shape index (κ3) is 4.41. The van der Waals surface area contributed by atoms with Crippen molar-refractivity contribution in [2.45, 2.75) is 76.7 Å². The molecule has 1 N–H and O–H groups in total. The monoisotopic (exact) mass is 463 g/mol. The fourth-order valence-electron chi connectivity index (χ4n) is 4.01. The van der Waals surface area contributed by atoms with E-state index in [4.69, 9.17) is 24.6 Å². The lowest BCUT2D eigenvalue weighted by Gasteiger charge is -2.41. The van der Waals surface area contributed by atoms with Gasteiger partial charge in [0.25, 0.3) is 0 Å². The molecular weight excluding hydrogens is 428 g/mol. The number of hydrogen-bond acceptors (Lipinski definition) is 5. The Hall–Kier alpha value is -1.83. The summed E-state index contributed by atoms with van der Waals surface area (Å²) in [6.07, 6.45) is 9.90. The van der Waals surface area contributed by atoms with Gasteiger partial charge in [-0.25, -0.2) is 4.98 Å². The van der Waals surface area contributed by atoms with Crippen molar-refractivity contribution < 1.29 is 13.0 Å². The van der Waals surface area contributed by atoms with E-state index < -0.39 is 15.3 Å². The fourth-order valence-corrected chi connectivity index (χ4v) is 5.62. The average Bonchev–Trinajstić information content (AvgIpc) is 3.33. The summed E-state index contributed by atoms with van der Waals surface area (Å²) in [4.78, 5) is 4.29. The third-order valence-corrected chi connectivity index (χ3v) is 11.6. The van der Waals surface area contributed by atoms with Gasteiger partial charge in [0, 0.05) is 52.2 Å². The first-order valence-electron chi connectivity index (χ1n) is 12.3. The van der Waals surface area contributed by atoms with Crippen LogP contribution in [0, 0.1) is 0 Å². The number of fused-ring (bicyclic) bond motifs is 1. The van der Waals surface area contributed by atoms with Crippen LogP contribution in [0.2, 0.25) is 23.4 Å². The number of halogens is 1. The van der Waals surface area contributed by atoms with Crippen molar-refractivity contribution in [3.05, 3.63) is 29.9 Å². The number of aromatic nitrogens is 3. The summed E-state index contributed by atoms with van der Waals surface area (Å²) in [5.74, 6) is 0.137. The molecule has 0 bridgehead atoms. The van der Waals surface area contributed by atoms with Gasteiger partial charge in [0.2, 0.25) is 0 Å². The van der Waals surface area contributed by atoms with Gasteiger partial charge >= 0.3 is 0 Å². The van der Waals surface area contributed by atoms with Crippen molar-refractivity contribution >= 4 is 36.7 Å². The van der Waals surface area contributed by atoms with Gasteiger partial charge in [0.15, 0.2) is 24.9 Å². The second kappa shape index (κ2) is 8.26. The number of hydrogen-bond donors (Lipinski definition) is 1. The molecule has 3 heterocycles. The molecule has 0 atom stereocenters. The van der Waals surface area contributed by atoms with Gasteiger partial charge in [-0.2, -0.15) is 5.10 Å². The maximum atomic E-state index is 7.47. The maximum absolute atomic E-state index is 7.47. The zero-order chi connectivity index (χ0) is 24.9. The lowest BCUT2D eigenvalue weighted by molar-refractivity contribution is 0.115. The van der Waals surface area contributed by atoms with Gasteiger partial charge in [-0.15, -0.1) is 0 Å². The number of nitrogens with zero attached hydrogens (tertiary/aromatic N) is 3. The normalized spacial score (nSPS) is 22.2. The Morgan fingerprint density at radius 2 is 2.00 bits per heavy atom. The summed E-state index contributed by atoms with van der Waals surface area (Å²) in [6, 6.07) is 2.00. The molecule has 168 valence electrons. The van der Waals surface area contributed by atoms with Crippen LogP contribution in [-0.2, 0) is 4.43 Å². The Kier molecular flexibility index (Phi) is 4.99. The largest absolute Gasteiger partial charge is 0.441 e. The molecule has 6 nitrogen and oxygen atoms in total. The minimum atomic E-state index is -2.39. The number of anilines is 1. The van der Waals surface area contributed by atoms with Crippen LogP contribution in [0.15, 0.2) is 29.1 Å². The number of rotatable bonds is 5. The molecule has 1 aliphatic carbocycles. The second-order valence-corrected chi connectivity index (χ2v) is 15.1. The van der Waals surface area contributed by atoms with E-state index in [0.717, 1.165) is 36.8 Å². The van der Waals surface area contributed by atoms with Crippen molar-refractivity contribution in [2.24, 2.45) is 0 Å². The predicted molar refractivity (Wildman–Crippen MR) is 129 cm³/mol. The second-order valence-electron chi connectivity index (χ2n) is 9.96. The highest BCUT2D eigenvalue weighted by Gasteiger charge is 2.40. The summed E-state index contributed by atoms with van der Waals surface area (Å²) < 4.78 is 36.6. The molecule has 1 saturated carbocycles. The van der Waals surface area contributed by atoms with Crippen molar-refractivity contribution in [3.63, 3.8) is 0 Å². The van der Waals surface area contributed by atoms with E-state index in [1.54, 1.807) is 12.3 Å². The molecule has 0 radical (unpaired) electrons. The van der Waals surface area contributed by atoms with E-state index in [1.807, 2.05) is 17.1 Å². The molecule has 31 heavy (non-hydrogen) atoms. The summed E-state index contributed by atoms with van der Waals surface area (Å²) >= 11 is 6.11. The summed E-state index contributed by atoms with van der Waals surface area (Å²) in [7, 11) is -1.77. The topological polar surface area (TPSA) is 65.1 Å². The molecule has 0 saturated heterocycles. The van der Waals surface area contributed by atoms with E-state index in [2.05, 4.69) is 49.3 Å². The molecule has 1 aliphatic rings. The van der Waals surface area contributed by atoms with Crippen LogP contribution in [0.3, 0.4) is 0 Å². The molecule has 3 aromatic rings. The third-order valence-electron chi connectivity index (χ3n) is 6.85. The molecule has 0 spiro atoms. The fraction of sp³-hybridized carbons (Fsp3) is 0.565. The molecule has 0 aromatic carbocycles. The van der Waals surface area contributed by atoms with Gasteiger partial charge in [-0.05, 0) is 55.4 Å². The van der Waals surface area contributed by atoms with Crippen LogP contribution in [0.1, 0.15) is 56.6 Å². The van der Waals surface area contributed by atoms with Crippen LogP contribution >= 0.6 is 11.6 Å². The Bertz CT molecular complexity index is 1160. The molecular formula is C23H33ClN4O2Si. The molecule has 1 fully saturated rings. The minimum absolute atomic E-state index is 0.137.